The standard InChI is InChI=1S/C25H20IN3O5/c1-2-33-23-14-18(13-22(26)24(23)34-16-17-6-4-3-5-7-17)12-19(15-27)25(30)28-20-8-10-21(11-9-20)29(31)32/h3-14H,2,16H2,1H3,(H,28,30). The molecule has 0 unspecified atom stereocenters. The second kappa shape index (κ2) is 11.8. The second-order valence-electron chi connectivity index (χ2n) is 6.97. The molecule has 0 saturated carbocycles. The van der Waals surface area contributed by atoms with E-state index in [1.54, 1.807) is 12.1 Å². The molecule has 0 aliphatic carbocycles. The minimum Gasteiger partial charge on any atom is -0.490 e. The van der Waals surface area contributed by atoms with Gasteiger partial charge in [0.25, 0.3) is 11.6 Å². The molecule has 3 aromatic carbocycles. The number of nitro benzene ring substituents is 1. The first kappa shape index (κ1) is 24.7. The number of carbonyl (C=O) groups is 1. The average molecular weight is 569 g/mol. The number of anilines is 1. The van der Waals surface area contributed by atoms with Gasteiger partial charge in [-0.1, -0.05) is 30.3 Å². The Labute approximate surface area is 210 Å². The van der Waals surface area contributed by atoms with Crippen molar-refractivity contribution in [3.05, 3.63) is 97.1 Å². The molecule has 0 aliphatic heterocycles. The maximum absolute atomic E-state index is 12.6. The maximum Gasteiger partial charge on any atom is 0.269 e. The molecule has 34 heavy (non-hydrogen) atoms. The zero-order valence-electron chi connectivity index (χ0n) is 18.2. The molecule has 0 aliphatic rings. The van der Waals surface area contributed by atoms with Crippen molar-refractivity contribution in [3.8, 4) is 17.6 Å². The van der Waals surface area contributed by atoms with Gasteiger partial charge < -0.3 is 14.8 Å². The Morgan fingerprint density at radius 2 is 1.85 bits per heavy atom. The summed E-state index contributed by atoms with van der Waals surface area (Å²) in [6.07, 6.45) is 1.45. The lowest BCUT2D eigenvalue weighted by molar-refractivity contribution is -0.384. The van der Waals surface area contributed by atoms with Crippen molar-refractivity contribution in [2.75, 3.05) is 11.9 Å². The van der Waals surface area contributed by atoms with Crippen LogP contribution in [0.3, 0.4) is 0 Å². The van der Waals surface area contributed by atoms with Gasteiger partial charge in [0.2, 0.25) is 0 Å². The van der Waals surface area contributed by atoms with Gasteiger partial charge in [-0.3, -0.25) is 14.9 Å². The van der Waals surface area contributed by atoms with Crippen molar-refractivity contribution in [1.29, 1.82) is 5.26 Å². The Hall–Kier alpha value is -3.91. The predicted octanol–water partition coefficient (Wildman–Crippen LogP) is 5.72. The van der Waals surface area contributed by atoms with Crippen LogP contribution in [0.1, 0.15) is 18.1 Å². The molecule has 0 fully saturated rings. The summed E-state index contributed by atoms with van der Waals surface area (Å²) >= 11 is 2.12. The first-order chi connectivity index (χ1) is 16.4. The highest BCUT2D eigenvalue weighted by atomic mass is 127. The highest BCUT2D eigenvalue weighted by Crippen LogP contribution is 2.35. The summed E-state index contributed by atoms with van der Waals surface area (Å²) in [4.78, 5) is 22.8. The van der Waals surface area contributed by atoms with Crippen molar-refractivity contribution in [1.82, 2.24) is 0 Å². The number of nitriles is 1. The molecule has 0 saturated heterocycles. The number of benzene rings is 3. The van der Waals surface area contributed by atoms with Gasteiger partial charge in [0, 0.05) is 17.8 Å². The van der Waals surface area contributed by atoms with Crippen molar-refractivity contribution >= 4 is 45.9 Å². The summed E-state index contributed by atoms with van der Waals surface area (Å²) in [5, 5.41) is 22.9. The van der Waals surface area contributed by atoms with Crippen LogP contribution in [0.4, 0.5) is 11.4 Å². The number of non-ortho nitro benzene ring substituents is 1. The molecule has 9 heteroatoms. The molecule has 0 atom stereocenters. The SMILES string of the molecule is CCOc1cc(C=C(C#N)C(=O)Nc2ccc([N+](=O)[O-])cc2)cc(I)c1OCc1ccccc1. The molecule has 1 amide bonds. The topological polar surface area (TPSA) is 114 Å². The molecule has 0 radical (unpaired) electrons. The number of hydrogen-bond donors (Lipinski definition) is 1. The minimum atomic E-state index is -0.631. The van der Waals surface area contributed by atoms with Crippen molar-refractivity contribution < 1.29 is 19.2 Å². The molecular formula is C25H20IN3O5. The molecule has 172 valence electrons. The highest BCUT2D eigenvalue weighted by molar-refractivity contribution is 14.1. The first-order valence-corrected chi connectivity index (χ1v) is 11.3. The van der Waals surface area contributed by atoms with Crippen LogP contribution in [0.5, 0.6) is 11.5 Å². The van der Waals surface area contributed by atoms with Crippen LogP contribution in [0.15, 0.2) is 72.3 Å². The number of rotatable bonds is 9. The Balaban J connectivity index is 1.82. The fourth-order valence-electron chi connectivity index (χ4n) is 2.98. The van der Waals surface area contributed by atoms with Gasteiger partial charge in [-0.05, 0) is 71.0 Å². The van der Waals surface area contributed by atoms with Crippen LogP contribution < -0.4 is 14.8 Å². The lowest BCUT2D eigenvalue weighted by Gasteiger charge is -2.15. The number of halogens is 1. The van der Waals surface area contributed by atoms with Crippen LogP contribution in [0.25, 0.3) is 6.08 Å². The molecule has 3 aromatic rings. The van der Waals surface area contributed by atoms with Gasteiger partial charge in [0.15, 0.2) is 11.5 Å². The highest BCUT2D eigenvalue weighted by Gasteiger charge is 2.15. The summed E-state index contributed by atoms with van der Waals surface area (Å²) in [5.74, 6) is 0.454. The molecule has 8 nitrogen and oxygen atoms in total. The molecule has 3 rings (SSSR count). The third kappa shape index (κ3) is 6.55. The van der Waals surface area contributed by atoms with E-state index in [-0.39, 0.29) is 11.3 Å². The number of amides is 1. The largest absolute Gasteiger partial charge is 0.490 e. The van der Waals surface area contributed by atoms with Crippen LogP contribution in [-0.2, 0) is 11.4 Å². The van der Waals surface area contributed by atoms with Crippen molar-refractivity contribution in [2.45, 2.75) is 13.5 Å². The third-order valence-corrected chi connectivity index (χ3v) is 5.37. The Morgan fingerprint density at radius 1 is 1.15 bits per heavy atom. The maximum atomic E-state index is 12.6. The van der Waals surface area contributed by atoms with Gasteiger partial charge in [0.05, 0.1) is 15.1 Å². The lowest BCUT2D eigenvalue weighted by Crippen LogP contribution is -2.13. The number of carbonyl (C=O) groups excluding carboxylic acids is 1. The van der Waals surface area contributed by atoms with E-state index in [0.29, 0.717) is 36.0 Å². The molecule has 0 bridgehead atoms. The van der Waals surface area contributed by atoms with Crippen LogP contribution in [0, 0.1) is 25.0 Å². The van der Waals surface area contributed by atoms with Gasteiger partial charge in [0.1, 0.15) is 18.2 Å². The minimum absolute atomic E-state index is 0.0957. The third-order valence-electron chi connectivity index (χ3n) is 4.57. The number of hydrogen-bond acceptors (Lipinski definition) is 6. The van der Waals surface area contributed by atoms with E-state index in [0.717, 1.165) is 9.13 Å². The molecule has 0 spiro atoms. The van der Waals surface area contributed by atoms with E-state index in [2.05, 4.69) is 27.9 Å². The Bertz CT molecular complexity index is 1250. The number of nitrogens with zero attached hydrogens (tertiary/aromatic N) is 2. The molecular weight excluding hydrogens is 549 g/mol. The van der Waals surface area contributed by atoms with Gasteiger partial charge in [-0.2, -0.15) is 5.26 Å². The summed E-state index contributed by atoms with van der Waals surface area (Å²) in [5.41, 5.74) is 1.72. The van der Waals surface area contributed by atoms with E-state index in [1.807, 2.05) is 43.3 Å². The zero-order valence-corrected chi connectivity index (χ0v) is 20.3. The molecule has 1 N–H and O–H groups in total. The average Bonchev–Trinajstić information content (AvgIpc) is 2.83. The molecule has 0 heterocycles. The fourth-order valence-corrected chi connectivity index (χ4v) is 3.77. The van der Waals surface area contributed by atoms with E-state index in [4.69, 9.17) is 9.47 Å². The molecule has 0 aromatic heterocycles. The van der Waals surface area contributed by atoms with E-state index in [1.165, 1.54) is 30.3 Å². The van der Waals surface area contributed by atoms with Crippen LogP contribution in [-0.4, -0.2) is 17.4 Å². The van der Waals surface area contributed by atoms with Gasteiger partial charge in [-0.25, -0.2) is 0 Å². The van der Waals surface area contributed by atoms with Gasteiger partial charge >= 0.3 is 0 Å². The predicted molar refractivity (Wildman–Crippen MR) is 136 cm³/mol. The summed E-state index contributed by atoms with van der Waals surface area (Å²) < 4.78 is 12.5. The Kier molecular flexibility index (Phi) is 8.59. The van der Waals surface area contributed by atoms with E-state index in [9.17, 15) is 20.2 Å². The first-order valence-electron chi connectivity index (χ1n) is 10.2. The summed E-state index contributed by atoms with van der Waals surface area (Å²) in [6, 6.07) is 20.5. The summed E-state index contributed by atoms with van der Waals surface area (Å²) in [6.45, 7) is 2.64. The van der Waals surface area contributed by atoms with E-state index >= 15 is 0 Å². The van der Waals surface area contributed by atoms with E-state index < -0.39 is 10.8 Å². The summed E-state index contributed by atoms with van der Waals surface area (Å²) in [7, 11) is 0. The van der Waals surface area contributed by atoms with Crippen LogP contribution in [0.2, 0.25) is 0 Å². The zero-order chi connectivity index (χ0) is 24.5. The van der Waals surface area contributed by atoms with Gasteiger partial charge in [-0.15, -0.1) is 0 Å². The number of nitro groups is 1. The number of nitrogens with one attached hydrogen (secondary N) is 1. The second-order valence-corrected chi connectivity index (χ2v) is 8.13. The smallest absolute Gasteiger partial charge is 0.269 e. The van der Waals surface area contributed by atoms with Crippen molar-refractivity contribution in [3.63, 3.8) is 0 Å². The van der Waals surface area contributed by atoms with Crippen LogP contribution >= 0.6 is 22.6 Å². The normalized spacial score (nSPS) is 10.8. The Morgan fingerprint density at radius 3 is 2.47 bits per heavy atom. The van der Waals surface area contributed by atoms with Crippen molar-refractivity contribution in [2.24, 2.45) is 0 Å². The quantitative estimate of drug-likeness (QED) is 0.116. The monoisotopic (exact) mass is 569 g/mol. The lowest BCUT2D eigenvalue weighted by atomic mass is 10.1. The fraction of sp³-hybridized carbons (Fsp3) is 0.120. The number of ether oxygens (including phenoxy) is 2.